The van der Waals surface area contributed by atoms with E-state index in [1.165, 1.54) is 0 Å². The highest BCUT2D eigenvalue weighted by Gasteiger charge is 2.58. The molecule has 0 bridgehead atoms. The van der Waals surface area contributed by atoms with E-state index >= 15 is 0 Å². The van der Waals surface area contributed by atoms with Crippen LogP contribution in [0.15, 0.2) is 0 Å². The van der Waals surface area contributed by atoms with Crippen LogP contribution in [0.4, 0.5) is 0 Å². The molecular weight excluding hydrogens is 284 g/mol. The van der Waals surface area contributed by atoms with E-state index < -0.39 is 27.2 Å². The van der Waals surface area contributed by atoms with Crippen molar-refractivity contribution >= 4 is 63.4 Å². The molecule has 0 spiro atoms. The maximum atomic E-state index is 9.59. The summed E-state index contributed by atoms with van der Waals surface area (Å²) < 4.78 is 0.807. The van der Waals surface area contributed by atoms with Gasteiger partial charge in [-0.1, -0.05) is 0 Å². The SMILES string of the molecule is OCC(CO)(C(O)(S)S)C(S)(S)OS. The topological polar surface area (TPSA) is 69.9 Å². The molecule has 86 valence electrons. The molecule has 4 nitrogen and oxygen atoms in total. The normalized spacial score (nSPS) is 14.6. The molecule has 0 radical (unpaired) electrons. The molecule has 0 aromatic carbocycles. The Morgan fingerprint density at radius 2 is 1.36 bits per heavy atom. The summed E-state index contributed by atoms with van der Waals surface area (Å²) in [7, 11) is 0. The van der Waals surface area contributed by atoms with Crippen LogP contribution in [0.5, 0.6) is 0 Å². The van der Waals surface area contributed by atoms with Gasteiger partial charge in [0.05, 0.1) is 13.2 Å². The van der Waals surface area contributed by atoms with Crippen molar-refractivity contribution < 1.29 is 19.5 Å². The van der Waals surface area contributed by atoms with Gasteiger partial charge >= 0.3 is 0 Å². The van der Waals surface area contributed by atoms with Crippen LogP contribution in [-0.4, -0.2) is 37.1 Å². The third-order valence-corrected chi connectivity index (χ3v) is 4.39. The molecule has 0 amide bonds. The van der Waals surface area contributed by atoms with Crippen molar-refractivity contribution in [3.63, 3.8) is 0 Å². The Morgan fingerprint density at radius 3 is 1.43 bits per heavy atom. The summed E-state index contributed by atoms with van der Waals surface area (Å²) in [6.45, 7) is -1.39. The van der Waals surface area contributed by atoms with Crippen molar-refractivity contribution in [3.8, 4) is 0 Å². The maximum Gasteiger partial charge on any atom is 0.182 e. The minimum absolute atomic E-state index is 0.694. The summed E-state index contributed by atoms with van der Waals surface area (Å²) in [6, 6.07) is 0. The molecule has 0 fully saturated rings. The number of aliphatic hydroxyl groups is 3. The van der Waals surface area contributed by atoms with Gasteiger partial charge in [-0.2, -0.15) is 0 Å². The summed E-state index contributed by atoms with van der Waals surface area (Å²) in [5.74, 6) is 0. The van der Waals surface area contributed by atoms with Crippen LogP contribution < -0.4 is 0 Å². The van der Waals surface area contributed by atoms with Gasteiger partial charge in [-0.05, 0) is 12.9 Å². The van der Waals surface area contributed by atoms with Gasteiger partial charge in [-0.3, -0.25) is 4.18 Å². The molecule has 3 N–H and O–H groups in total. The van der Waals surface area contributed by atoms with Crippen molar-refractivity contribution in [2.45, 2.75) is 8.53 Å². The third kappa shape index (κ3) is 2.64. The standard InChI is InChI=1S/C5H12O4S5/c6-1-3(2-7,4(8,10)11)5(12,13)9-14/h6-8,10-14H,1-2H2. The summed E-state index contributed by atoms with van der Waals surface area (Å²) in [6.07, 6.45) is 0. The predicted molar refractivity (Wildman–Crippen MR) is 70.3 cm³/mol. The first-order valence-electron chi connectivity index (χ1n) is 3.34. The van der Waals surface area contributed by atoms with E-state index in [-0.39, 0.29) is 0 Å². The largest absolute Gasteiger partial charge is 0.395 e. The van der Waals surface area contributed by atoms with Crippen molar-refractivity contribution in [2.75, 3.05) is 13.2 Å². The number of aliphatic hydroxyl groups excluding tert-OH is 2. The quantitative estimate of drug-likeness (QED) is 0.206. The number of hydrogen-bond donors (Lipinski definition) is 8. The first kappa shape index (κ1) is 15.6. The fraction of sp³-hybridized carbons (Fsp3) is 1.00. The monoisotopic (exact) mass is 296 g/mol. The van der Waals surface area contributed by atoms with Crippen LogP contribution in [0, 0.1) is 5.41 Å². The molecule has 0 unspecified atom stereocenters. The van der Waals surface area contributed by atoms with Gasteiger partial charge in [-0.15, -0.1) is 50.5 Å². The van der Waals surface area contributed by atoms with Crippen LogP contribution in [0.1, 0.15) is 0 Å². The lowest BCUT2D eigenvalue weighted by Gasteiger charge is -2.46. The fourth-order valence-electron chi connectivity index (χ4n) is 0.774. The van der Waals surface area contributed by atoms with Crippen LogP contribution in [0.2, 0.25) is 0 Å². The average Bonchev–Trinajstić information content (AvgIpc) is 2.04. The van der Waals surface area contributed by atoms with Gasteiger partial charge in [0.1, 0.15) is 5.41 Å². The van der Waals surface area contributed by atoms with E-state index in [0.717, 1.165) is 0 Å². The van der Waals surface area contributed by atoms with E-state index in [0.29, 0.717) is 0 Å². The van der Waals surface area contributed by atoms with E-state index in [4.69, 9.17) is 10.2 Å². The Balaban J connectivity index is 5.29. The lowest BCUT2D eigenvalue weighted by atomic mass is 9.90. The molecule has 0 heterocycles. The zero-order valence-corrected chi connectivity index (χ0v) is 11.4. The highest BCUT2D eigenvalue weighted by Crippen LogP contribution is 2.51. The number of hydrogen-bond acceptors (Lipinski definition) is 9. The summed E-state index contributed by atoms with van der Waals surface area (Å²) in [5, 5.41) is 27.9. The van der Waals surface area contributed by atoms with E-state index in [1.807, 2.05) is 0 Å². The van der Waals surface area contributed by atoms with Crippen molar-refractivity contribution in [3.05, 3.63) is 0 Å². The summed E-state index contributed by atoms with van der Waals surface area (Å²) in [5.41, 5.74) is -1.71. The second-order valence-electron chi connectivity index (χ2n) is 2.73. The van der Waals surface area contributed by atoms with Crippen LogP contribution in [0.25, 0.3) is 0 Å². The minimum Gasteiger partial charge on any atom is -0.395 e. The summed E-state index contributed by atoms with van der Waals surface area (Å²) in [4.78, 5) is 0. The molecule has 0 aromatic rings. The van der Waals surface area contributed by atoms with Crippen LogP contribution in [-0.2, 0) is 4.18 Å². The lowest BCUT2D eigenvalue weighted by molar-refractivity contribution is -0.0716. The Bertz CT molecular complexity index is 187. The van der Waals surface area contributed by atoms with Gasteiger partial charge in [-0.25, -0.2) is 0 Å². The van der Waals surface area contributed by atoms with E-state index in [9.17, 15) is 5.11 Å². The van der Waals surface area contributed by atoms with Gasteiger partial charge in [0, 0.05) is 0 Å². The molecule has 0 aliphatic rings. The highest BCUT2D eigenvalue weighted by atomic mass is 32.2. The molecule has 0 aliphatic carbocycles. The molecule has 0 atom stereocenters. The second kappa shape index (κ2) is 5.28. The van der Waals surface area contributed by atoms with Gasteiger partial charge in [0.2, 0.25) is 0 Å². The van der Waals surface area contributed by atoms with Gasteiger partial charge in [0.15, 0.2) is 8.53 Å². The molecule has 14 heavy (non-hydrogen) atoms. The molecule has 9 heteroatoms. The third-order valence-electron chi connectivity index (χ3n) is 1.93. The molecule has 0 rings (SSSR count). The van der Waals surface area contributed by atoms with Gasteiger partial charge in [0.25, 0.3) is 0 Å². The molecule has 0 saturated carbocycles. The van der Waals surface area contributed by atoms with Crippen LogP contribution in [0.3, 0.4) is 0 Å². The molecule has 0 saturated heterocycles. The smallest absolute Gasteiger partial charge is 0.182 e. The zero-order chi connectivity index (χ0) is 11.6. The van der Waals surface area contributed by atoms with E-state index in [1.54, 1.807) is 0 Å². The fourth-order valence-corrected chi connectivity index (χ4v) is 2.51. The number of rotatable bonds is 5. The predicted octanol–water partition coefficient (Wildman–Crippen LogP) is -0.162. The highest BCUT2D eigenvalue weighted by molar-refractivity contribution is 8.02. The Hall–Kier alpha value is 1.59. The lowest BCUT2D eigenvalue weighted by Crippen LogP contribution is -2.57. The minimum atomic E-state index is -2.04. The Morgan fingerprint density at radius 1 is 1.00 bits per heavy atom. The van der Waals surface area contributed by atoms with E-state index in [2.05, 4.69) is 67.6 Å². The Labute approximate surface area is 110 Å². The van der Waals surface area contributed by atoms with Gasteiger partial charge < -0.3 is 15.3 Å². The van der Waals surface area contributed by atoms with Crippen LogP contribution >= 0.6 is 63.4 Å². The number of thiol groups is 5. The zero-order valence-electron chi connectivity index (χ0n) is 6.90. The first-order valence-corrected chi connectivity index (χ1v) is 5.50. The molecular formula is C5H12O4S5. The van der Waals surface area contributed by atoms with Crippen molar-refractivity contribution in [1.82, 2.24) is 0 Å². The first-order chi connectivity index (χ1) is 6.18. The molecule has 0 aromatic heterocycles. The van der Waals surface area contributed by atoms with Crippen molar-refractivity contribution in [2.24, 2.45) is 5.41 Å². The second-order valence-corrected chi connectivity index (χ2v) is 6.18. The molecule has 0 aliphatic heterocycles. The average molecular weight is 296 g/mol. The van der Waals surface area contributed by atoms with Crippen molar-refractivity contribution in [1.29, 1.82) is 0 Å². The maximum absolute atomic E-state index is 9.59. The summed E-state index contributed by atoms with van der Waals surface area (Å²) >= 11 is 18.8. The Kier molecular flexibility index (Phi) is 5.88.